The van der Waals surface area contributed by atoms with Crippen LogP contribution in [-0.2, 0) is 10.8 Å². The Labute approximate surface area is 177 Å². The van der Waals surface area contributed by atoms with Crippen LogP contribution in [0.3, 0.4) is 0 Å². The van der Waals surface area contributed by atoms with Crippen LogP contribution < -0.4 is 0 Å². The largest absolute Gasteiger partial charge is 0.260 e. The zero-order chi connectivity index (χ0) is 21.1. The molecule has 2 aromatic rings. The standard InChI is InChI=1S/C24H38OSSi2/c1-19-9-13-21(14-10-19)23(27(3,4)5)17-26(25)18-24(28(6,7)8)22-15-11-20(2)12-16-22/h9-16,23-24H,17-18H2,1-8H3/t23-,24-/m0/s1. The van der Waals surface area contributed by atoms with Crippen molar-refractivity contribution in [2.45, 2.75) is 64.2 Å². The van der Waals surface area contributed by atoms with Crippen molar-refractivity contribution >= 4 is 26.9 Å². The normalized spacial score (nSPS) is 14.9. The molecule has 0 radical (unpaired) electrons. The summed E-state index contributed by atoms with van der Waals surface area (Å²) in [4.78, 5) is 0. The van der Waals surface area contributed by atoms with Gasteiger partial charge in [-0.2, -0.15) is 0 Å². The molecule has 0 saturated carbocycles. The molecule has 0 fully saturated rings. The highest BCUT2D eigenvalue weighted by molar-refractivity contribution is 7.85. The molecule has 0 heterocycles. The van der Waals surface area contributed by atoms with E-state index in [0.29, 0.717) is 11.1 Å². The van der Waals surface area contributed by atoms with Crippen LogP contribution >= 0.6 is 0 Å². The number of aryl methyl sites for hydroxylation is 2. The van der Waals surface area contributed by atoms with E-state index in [4.69, 9.17) is 0 Å². The highest BCUT2D eigenvalue weighted by Gasteiger charge is 2.33. The molecule has 0 amide bonds. The van der Waals surface area contributed by atoms with Crippen LogP contribution in [0.2, 0.25) is 39.3 Å². The summed E-state index contributed by atoms with van der Waals surface area (Å²) in [5.74, 6) is 1.59. The van der Waals surface area contributed by atoms with Gasteiger partial charge in [0.05, 0.1) is 16.1 Å². The van der Waals surface area contributed by atoms with Gasteiger partial charge in [-0.3, -0.25) is 4.21 Å². The van der Waals surface area contributed by atoms with Gasteiger partial charge in [-0.15, -0.1) is 0 Å². The summed E-state index contributed by atoms with van der Waals surface area (Å²) in [7, 11) is -3.76. The molecule has 2 rings (SSSR count). The molecule has 2 aromatic carbocycles. The van der Waals surface area contributed by atoms with E-state index in [1.165, 1.54) is 22.3 Å². The number of benzene rings is 2. The Morgan fingerprint density at radius 1 is 0.643 bits per heavy atom. The second-order valence-electron chi connectivity index (χ2n) is 10.4. The Balaban J connectivity index is 2.23. The summed E-state index contributed by atoms with van der Waals surface area (Å²) in [5.41, 5.74) is 6.20. The third-order valence-corrected chi connectivity index (χ3v) is 13.0. The quantitative estimate of drug-likeness (QED) is 0.427. The zero-order valence-corrected chi connectivity index (χ0v) is 21.8. The molecule has 1 nitrogen and oxygen atoms in total. The summed E-state index contributed by atoms with van der Waals surface area (Å²) < 4.78 is 13.4. The smallest absolute Gasteiger partial charge is 0.0533 e. The van der Waals surface area contributed by atoms with Crippen molar-refractivity contribution in [1.82, 2.24) is 0 Å². The summed E-state index contributed by atoms with van der Waals surface area (Å²) in [6, 6.07) is 17.8. The minimum Gasteiger partial charge on any atom is -0.260 e. The first kappa shape index (κ1) is 23.3. The van der Waals surface area contributed by atoms with Crippen molar-refractivity contribution < 1.29 is 4.21 Å². The number of rotatable bonds is 8. The van der Waals surface area contributed by atoms with Gasteiger partial charge in [-0.05, 0) is 36.1 Å². The van der Waals surface area contributed by atoms with Gasteiger partial charge in [-0.25, -0.2) is 0 Å². The van der Waals surface area contributed by atoms with Gasteiger partial charge in [0.25, 0.3) is 0 Å². The molecule has 0 aliphatic carbocycles. The van der Waals surface area contributed by atoms with Crippen molar-refractivity contribution in [1.29, 1.82) is 0 Å². The van der Waals surface area contributed by atoms with Crippen LogP contribution in [0.4, 0.5) is 0 Å². The van der Waals surface area contributed by atoms with Gasteiger partial charge < -0.3 is 0 Å². The van der Waals surface area contributed by atoms with E-state index in [0.717, 1.165) is 11.5 Å². The van der Waals surface area contributed by atoms with Gasteiger partial charge >= 0.3 is 0 Å². The Morgan fingerprint density at radius 3 is 1.18 bits per heavy atom. The fourth-order valence-corrected chi connectivity index (χ4v) is 12.5. The molecular formula is C24H38OSSi2. The van der Waals surface area contributed by atoms with E-state index < -0.39 is 26.9 Å². The van der Waals surface area contributed by atoms with Crippen molar-refractivity contribution in [3.8, 4) is 0 Å². The van der Waals surface area contributed by atoms with Crippen molar-refractivity contribution in [3.63, 3.8) is 0 Å². The zero-order valence-electron chi connectivity index (χ0n) is 19.0. The van der Waals surface area contributed by atoms with E-state index in [1.807, 2.05) is 0 Å². The molecule has 2 atom stereocenters. The monoisotopic (exact) mass is 430 g/mol. The first-order chi connectivity index (χ1) is 12.9. The average Bonchev–Trinajstić information content (AvgIpc) is 2.58. The van der Waals surface area contributed by atoms with Crippen LogP contribution in [0, 0.1) is 13.8 Å². The summed E-state index contributed by atoms with van der Waals surface area (Å²) in [6.45, 7) is 18.7. The fraction of sp³-hybridized carbons (Fsp3) is 0.500. The van der Waals surface area contributed by atoms with E-state index in [1.54, 1.807) is 0 Å². The molecule has 0 N–H and O–H groups in total. The summed E-state index contributed by atoms with van der Waals surface area (Å²) in [5, 5.41) is 0. The molecule has 0 spiro atoms. The molecule has 154 valence electrons. The molecule has 4 heteroatoms. The van der Waals surface area contributed by atoms with Crippen molar-refractivity contribution in [2.24, 2.45) is 0 Å². The highest BCUT2D eigenvalue weighted by Crippen LogP contribution is 2.32. The van der Waals surface area contributed by atoms with Gasteiger partial charge in [-0.1, -0.05) is 98.9 Å². The molecule has 0 aliphatic rings. The SMILES string of the molecule is Cc1ccc([C@H](CS(=O)C[C@@H](c2ccc(C)cc2)[Si](C)(C)C)[Si](C)(C)C)cc1. The van der Waals surface area contributed by atoms with Crippen LogP contribution in [0.1, 0.15) is 33.3 Å². The topological polar surface area (TPSA) is 17.1 Å². The number of hydrogen-bond acceptors (Lipinski definition) is 1. The predicted octanol–water partition coefficient (Wildman–Crippen LogP) is 6.67. The van der Waals surface area contributed by atoms with Crippen molar-refractivity contribution in [2.75, 3.05) is 11.5 Å². The fourth-order valence-electron chi connectivity index (χ4n) is 3.73. The maximum atomic E-state index is 13.4. The molecule has 0 aliphatic heterocycles. The molecule has 28 heavy (non-hydrogen) atoms. The van der Waals surface area contributed by atoms with Crippen LogP contribution in [-0.4, -0.2) is 31.9 Å². The predicted molar refractivity (Wildman–Crippen MR) is 132 cm³/mol. The van der Waals surface area contributed by atoms with Crippen LogP contribution in [0.15, 0.2) is 48.5 Å². The van der Waals surface area contributed by atoms with Gasteiger partial charge in [0.15, 0.2) is 0 Å². The molecule has 0 unspecified atom stereocenters. The Morgan fingerprint density at radius 2 is 0.929 bits per heavy atom. The minimum atomic E-state index is -1.47. The lowest BCUT2D eigenvalue weighted by Crippen LogP contribution is -2.38. The second-order valence-corrected chi connectivity index (χ2v) is 22.8. The van der Waals surface area contributed by atoms with E-state index in [9.17, 15) is 4.21 Å². The summed E-state index contributed by atoms with van der Waals surface area (Å²) in [6.07, 6.45) is 0. The Hall–Kier alpha value is -0.976. The minimum absolute atomic E-state index is 0.439. The van der Waals surface area contributed by atoms with Crippen molar-refractivity contribution in [3.05, 3.63) is 70.8 Å². The molecule has 0 bridgehead atoms. The lowest BCUT2D eigenvalue weighted by Gasteiger charge is -2.32. The highest BCUT2D eigenvalue weighted by atomic mass is 32.2. The lowest BCUT2D eigenvalue weighted by molar-refractivity contribution is 0.679. The first-order valence-corrected chi connectivity index (χ1v) is 19.0. The maximum Gasteiger partial charge on any atom is 0.0533 e. The number of hydrogen-bond donors (Lipinski definition) is 0. The molecule has 0 saturated heterocycles. The van der Waals surface area contributed by atoms with E-state index in [2.05, 4.69) is 102 Å². The first-order valence-electron chi connectivity index (χ1n) is 10.4. The van der Waals surface area contributed by atoms with E-state index >= 15 is 0 Å². The average molecular weight is 431 g/mol. The summed E-state index contributed by atoms with van der Waals surface area (Å²) >= 11 is 0. The third-order valence-electron chi connectivity index (χ3n) is 5.76. The molecular weight excluding hydrogens is 393 g/mol. The lowest BCUT2D eigenvalue weighted by atomic mass is 10.1. The van der Waals surface area contributed by atoms with Gasteiger partial charge in [0.2, 0.25) is 0 Å². The second kappa shape index (κ2) is 9.23. The Kier molecular flexibility index (Phi) is 7.68. The Bertz CT molecular complexity index is 716. The van der Waals surface area contributed by atoms with Gasteiger partial charge in [0, 0.05) is 22.3 Å². The van der Waals surface area contributed by atoms with Crippen LogP contribution in [0.5, 0.6) is 0 Å². The maximum absolute atomic E-state index is 13.4. The van der Waals surface area contributed by atoms with E-state index in [-0.39, 0.29) is 0 Å². The van der Waals surface area contributed by atoms with Gasteiger partial charge in [0.1, 0.15) is 0 Å². The van der Waals surface area contributed by atoms with Crippen LogP contribution in [0.25, 0.3) is 0 Å². The molecule has 0 aromatic heterocycles. The third kappa shape index (κ3) is 6.53.